The van der Waals surface area contributed by atoms with E-state index in [0.717, 1.165) is 30.0 Å². The summed E-state index contributed by atoms with van der Waals surface area (Å²) >= 11 is 1.66. The molecule has 0 amide bonds. The van der Waals surface area contributed by atoms with E-state index in [0.29, 0.717) is 25.7 Å². The molecule has 0 spiro atoms. The van der Waals surface area contributed by atoms with Gasteiger partial charge in [-0.3, -0.25) is 4.90 Å². The van der Waals surface area contributed by atoms with Gasteiger partial charge in [-0.25, -0.2) is 4.98 Å². The molecule has 0 aliphatic carbocycles. The number of piperidine rings is 1. The van der Waals surface area contributed by atoms with Gasteiger partial charge < -0.3 is 5.32 Å². The highest BCUT2D eigenvalue weighted by molar-refractivity contribution is 7.09. The molecule has 1 fully saturated rings. The van der Waals surface area contributed by atoms with E-state index in [2.05, 4.69) is 17.2 Å². The molecule has 0 radical (unpaired) electrons. The van der Waals surface area contributed by atoms with Gasteiger partial charge in [-0.15, -0.1) is 11.3 Å². The predicted octanol–water partition coefficient (Wildman–Crippen LogP) is 2.82. The molecule has 0 saturated carbocycles. The summed E-state index contributed by atoms with van der Waals surface area (Å²) in [6.07, 6.45) is -1.61. The number of hydrogen-bond acceptors (Lipinski definition) is 4. The van der Waals surface area contributed by atoms with Gasteiger partial charge in [0.2, 0.25) is 0 Å². The molecule has 0 bridgehead atoms. The third-order valence-corrected chi connectivity index (χ3v) is 4.51. The molecule has 3 nitrogen and oxygen atoms in total. The summed E-state index contributed by atoms with van der Waals surface area (Å²) in [5, 5.41) is 6.57. The fraction of sp³-hybridized carbons (Fsp3) is 0.769. The van der Waals surface area contributed by atoms with Crippen LogP contribution in [0.15, 0.2) is 5.38 Å². The lowest BCUT2D eigenvalue weighted by atomic mass is 10.1. The first-order chi connectivity index (χ1) is 9.46. The van der Waals surface area contributed by atoms with E-state index in [9.17, 15) is 13.2 Å². The normalized spacial score (nSPS) is 18.6. The Kier molecular flexibility index (Phi) is 5.40. The van der Waals surface area contributed by atoms with E-state index in [1.165, 1.54) is 4.90 Å². The lowest BCUT2D eigenvalue weighted by molar-refractivity contribution is -0.148. The molecule has 2 heterocycles. The first kappa shape index (κ1) is 15.7. The lowest BCUT2D eigenvalue weighted by Gasteiger charge is -2.32. The summed E-state index contributed by atoms with van der Waals surface area (Å²) in [4.78, 5) is 5.96. The topological polar surface area (TPSA) is 28.2 Å². The molecule has 0 atom stereocenters. The van der Waals surface area contributed by atoms with Gasteiger partial charge in [0.25, 0.3) is 0 Å². The van der Waals surface area contributed by atoms with Crippen LogP contribution in [0.1, 0.15) is 30.5 Å². The minimum absolute atomic E-state index is 0.297. The monoisotopic (exact) mass is 307 g/mol. The molecule has 1 aromatic rings. The van der Waals surface area contributed by atoms with Crippen LogP contribution in [-0.2, 0) is 13.0 Å². The van der Waals surface area contributed by atoms with Crippen LogP contribution in [0.25, 0.3) is 0 Å². The number of alkyl halides is 3. The zero-order valence-electron chi connectivity index (χ0n) is 11.5. The number of aryl methyl sites for hydroxylation is 1. The van der Waals surface area contributed by atoms with Gasteiger partial charge in [-0.2, -0.15) is 13.2 Å². The first-order valence-corrected chi connectivity index (χ1v) is 7.80. The Labute approximate surface area is 121 Å². The molecular formula is C13H20F3N3S. The molecule has 7 heteroatoms. The third-order valence-electron chi connectivity index (χ3n) is 3.46. The van der Waals surface area contributed by atoms with Crippen LogP contribution in [0.2, 0.25) is 0 Å². The first-order valence-electron chi connectivity index (χ1n) is 6.92. The van der Waals surface area contributed by atoms with Crippen molar-refractivity contribution in [3.05, 3.63) is 16.1 Å². The van der Waals surface area contributed by atoms with Crippen molar-refractivity contribution in [3.8, 4) is 0 Å². The Morgan fingerprint density at radius 1 is 1.40 bits per heavy atom. The lowest BCUT2D eigenvalue weighted by Crippen LogP contribution is -2.45. The van der Waals surface area contributed by atoms with E-state index in [-0.39, 0.29) is 0 Å². The summed E-state index contributed by atoms with van der Waals surface area (Å²) in [6, 6.07) is 0.297. The number of nitrogens with zero attached hydrogens (tertiary/aromatic N) is 2. The molecular weight excluding hydrogens is 287 g/mol. The van der Waals surface area contributed by atoms with E-state index < -0.39 is 12.7 Å². The van der Waals surface area contributed by atoms with Gasteiger partial charge in [0, 0.05) is 18.0 Å². The van der Waals surface area contributed by atoms with Crippen molar-refractivity contribution in [1.82, 2.24) is 15.2 Å². The van der Waals surface area contributed by atoms with Crippen molar-refractivity contribution in [2.75, 3.05) is 19.6 Å². The summed E-state index contributed by atoms with van der Waals surface area (Å²) in [5.74, 6) is 0. The Morgan fingerprint density at radius 2 is 2.10 bits per heavy atom. The van der Waals surface area contributed by atoms with Gasteiger partial charge in [0.15, 0.2) is 0 Å². The van der Waals surface area contributed by atoms with Crippen LogP contribution in [0.4, 0.5) is 13.2 Å². The standard InChI is InChI=1S/C13H20F3N3S/c1-2-12-18-11(8-20-12)7-17-10-3-5-19(6-4-10)9-13(14,15)16/h8,10,17H,2-7,9H2,1H3. The molecule has 0 aromatic carbocycles. The number of likely N-dealkylation sites (tertiary alicyclic amines) is 1. The second kappa shape index (κ2) is 6.87. The van der Waals surface area contributed by atoms with Crippen molar-refractivity contribution in [2.24, 2.45) is 0 Å². The molecule has 1 aliphatic heterocycles. The minimum atomic E-state index is -4.09. The zero-order valence-corrected chi connectivity index (χ0v) is 12.4. The third kappa shape index (κ3) is 5.03. The van der Waals surface area contributed by atoms with E-state index in [1.807, 2.05) is 5.38 Å². The highest BCUT2D eigenvalue weighted by Crippen LogP contribution is 2.20. The highest BCUT2D eigenvalue weighted by Gasteiger charge is 2.32. The van der Waals surface area contributed by atoms with Gasteiger partial charge >= 0.3 is 6.18 Å². The summed E-state index contributed by atoms with van der Waals surface area (Å²) in [7, 11) is 0. The number of thiazole rings is 1. The quantitative estimate of drug-likeness (QED) is 0.906. The predicted molar refractivity (Wildman–Crippen MR) is 73.8 cm³/mol. The minimum Gasteiger partial charge on any atom is -0.308 e. The smallest absolute Gasteiger partial charge is 0.308 e. The van der Waals surface area contributed by atoms with Crippen LogP contribution in [0.5, 0.6) is 0 Å². The molecule has 1 saturated heterocycles. The maximum Gasteiger partial charge on any atom is 0.401 e. The van der Waals surface area contributed by atoms with Crippen LogP contribution in [0, 0.1) is 0 Å². The molecule has 1 aliphatic rings. The SMILES string of the molecule is CCc1nc(CNC2CCN(CC(F)(F)F)CC2)cs1. The fourth-order valence-electron chi connectivity index (χ4n) is 2.39. The van der Waals surface area contributed by atoms with Crippen LogP contribution >= 0.6 is 11.3 Å². The number of hydrogen-bond donors (Lipinski definition) is 1. The average Bonchev–Trinajstić information content (AvgIpc) is 2.84. The second-order valence-electron chi connectivity index (χ2n) is 5.13. The zero-order chi connectivity index (χ0) is 14.6. The Morgan fingerprint density at radius 3 is 2.65 bits per heavy atom. The Bertz CT molecular complexity index is 411. The van der Waals surface area contributed by atoms with Crippen LogP contribution < -0.4 is 5.32 Å². The average molecular weight is 307 g/mol. The second-order valence-corrected chi connectivity index (χ2v) is 6.08. The van der Waals surface area contributed by atoms with Crippen molar-refractivity contribution < 1.29 is 13.2 Å². The summed E-state index contributed by atoms with van der Waals surface area (Å²) < 4.78 is 36.8. The van der Waals surface area contributed by atoms with E-state index >= 15 is 0 Å². The molecule has 20 heavy (non-hydrogen) atoms. The Hall–Kier alpha value is -0.660. The number of nitrogens with one attached hydrogen (secondary N) is 1. The largest absolute Gasteiger partial charge is 0.401 e. The maximum absolute atomic E-state index is 12.3. The van der Waals surface area contributed by atoms with Gasteiger partial charge in [-0.05, 0) is 32.4 Å². The van der Waals surface area contributed by atoms with Crippen molar-refractivity contribution >= 4 is 11.3 Å². The number of rotatable bonds is 5. The van der Waals surface area contributed by atoms with Crippen LogP contribution in [0.3, 0.4) is 0 Å². The van der Waals surface area contributed by atoms with Crippen LogP contribution in [-0.4, -0.2) is 41.7 Å². The summed E-state index contributed by atoms with van der Waals surface area (Å²) in [5.41, 5.74) is 1.03. The summed E-state index contributed by atoms with van der Waals surface area (Å²) in [6.45, 7) is 3.02. The van der Waals surface area contributed by atoms with Gasteiger partial charge in [0.05, 0.1) is 17.2 Å². The molecule has 2 rings (SSSR count). The van der Waals surface area contributed by atoms with Crippen molar-refractivity contribution in [2.45, 2.75) is 44.9 Å². The fourth-order valence-corrected chi connectivity index (χ4v) is 3.13. The molecule has 1 N–H and O–H groups in total. The van der Waals surface area contributed by atoms with Crippen molar-refractivity contribution in [1.29, 1.82) is 0 Å². The van der Waals surface area contributed by atoms with E-state index in [4.69, 9.17) is 0 Å². The maximum atomic E-state index is 12.3. The Balaban J connectivity index is 1.69. The molecule has 1 aromatic heterocycles. The highest BCUT2D eigenvalue weighted by atomic mass is 32.1. The number of aromatic nitrogens is 1. The van der Waals surface area contributed by atoms with Gasteiger partial charge in [0.1, 0.15) is 0 Å². The van der Waals surface area contributed by atoms with Gasteiger partial charge in [-0.1, -0.05) is 6.92 Å². The molecule has 114 valence electrons. The van der Waals surface area contributed by atoms with E-state index in [1.54, 1.807) is 11.3 Å². The van der Waals surface area contributed by atoms with Crippen molar-refractivity contribution in [3.63, 3.8) is 0 Å². The molecule has 0 unspecified atom stereocenters. The number of halogens is 3.